The van der Waals surface area contributed by atoms with Crippen molar-refractivity contribution in [1.29, 1.82) is 0 Å². The highest BCUT2D eigenvalue weighted by molar-refractivity contribution is 7.88. The summed E-state index contributed by atoms with van der Waals surface area (Å²) in [6.07, 6.45) is 1.08. The molecule has 0 atom stereocenters. The van der Waals surface area contributed by atoms with E-state index in [1.165, 1.54) is 12.1 Å². The number of benzene rings is 1. The van der Waals surface area contributed by atoms with E-state index in [2.05, 4.69) is 10.0 Å². The second-order valence-corrected chi connectivity index (χ2v) is 6.97. The topological polar surface area (TPSA) is 122 Å². The second kappa shape index (κ2) is 5.68. The van der Waals surface area contributed by atoms with Crippen LogP contribution in [0.2, 0.25) is 0 Å². The molecule has 0 spiro atoms. The molecular weight excluding hydrogens is 282 g/mol. The molecule has 0 aromatic heterocycles. The number of anilines is 2. The van der Waals surface area contributed by atoms with Gasteiger partial charge in [-0.3, -0.25) is 0 Å². The summed E-state index contributed by atoms with van der Waals surface area (Å²) in [6, 6.07) is 4.54. The van der Waals surface area contributed by atoms with E-state index < -0.39 is 21.5 Å². The third kappa shape index (κ3) is 5.06. The van der Waals surface area contributed by atoms with Gasteiger partial charge in [0, 0.05) is 23.5 Å². The van der Waals surface area contributed by atoms with Crippen molar-refractivity contribution in [2.24, 2.45) is 0 Å². The Morgan fingerprint density at radius 2 is 2.00 bits per heavy atom. The zero-order chi connectivity index (χ0) is 15.6. The lowest BCUT2D eigenvalue weighted by Crippen LogP contribution is -2.47. The van der Waals surface area contributed by atoms with Crippen molar-refractivity contribution in [3.8, 4) is 0 Å². The molecule has 0 saturated heterocycles. The van der Waals surface area contributed by atoms with E-state index in [4.69, 9.17) is 10.8 Å². The number of carboxylic acids is 1. The number of nitrogens with two attached hydrogens (primary N) is 1. The number of nitrogens with one attached hydrogen (secondary N) is 2. The normalized spacial score (nSPS) is 12.2. The second-order valence-electron chi connectivity index (χ2n) is 5.22. The third-order valence-corrected chi connectivity index (χ3v) is 3.40. The van der Waals surface area contributed by atoms with Gasteiger partial charge >= 0.3 is 5.97 Å². The van der Waals surface area contributed by atoms with Crippen LogP contribution in [0, 0.1) is 0 Å². The predicted octanol–water partition coefficient (Wildman–Crippen LogP) is 0.707. The third-order valence-electron chi connectivity index (χ3n) is 2.48. The van der Waals surface area contributed by atoms with Crippen LogP contribution in [-0.2, 0) is 10.0 Å². The van der Waals surface area contributed by atoms with Crippen LogP contribution in [0.3, 0.4) is 0 Å². The summed E-state index contributed by atoms with van der Waals surface area (Å²) in [6.45, 7) is 3.73. The fraction of sp³-hybridized carbons (Fsp3) is 0.417. The minimum atomic E-state index is -3.32. The van der Waals surface area contributed by atoms with E-state index >= 15 is 0 Å². The summed E-state index contributed by atoms with van der Waals surface area (Å²) in [4.78, 5) is 11.0. The average Bonchev–Trinajstić information content (AvgIpc) is 2.24. The van der Waals surface area contributed by atoms with Crippen molar-refractivity contribution < 1.29 is 18.3 Å². The maximum atomic E-state index is 11.2. The Labute approximate surface area is 118 Å². The highest BCUT2D eigenvalue weighted by Crippen LogP contribution is 2.18. The van der Waals surface area contributed by atoms with Gasteiger partial charge in [-0.2, -0.15) is 0 Å². The number of carbonyl (C=O) groups is 1. The lowest BCUT2D eigenvalue weighted by Gasteiger charge is -2.26. The van der Waals surface area contributed by atoms with Gasteiger partial charge in [-0.05, 0) is 32.0 Å². The van der Waals surface area contributed by atoms with Gasteiger partial charge in [-0.25, -0.2) is 17.9 Å². The van der Waals surface area contributed by atoms with E-state index in [1.807, 2.05) is 0 Å². The Hall–Kier alpha value is -1.80. The molecule has 0 bridgehead atoms. The fourth-order valence-electron chi connectivity index (χ4n) is 1.71. The van der Waals surface area contributed by atoms with E-state index in [0.29, 0.717) is 12.2 Å². The van der Waals surface area contributed by atoms with Crippen LogP contribution in [0.15, 0.2) is 18.2 Å². The van der Waals surface area contributed by atoms with Gasteiger partial charge in [0.25, 0.3) is 0 Å². The van der Waals surface area contributed by atoms with Gasteiger partial charge in [0.2, 0.25) is 10.0 Å². The highest BCUT2D eigenvalue weighted by Gasteiger charge is 2.22. The van der Waals surface area contributed by atoms with Gasteiger partial charge in [0.15, 0.2) is 0 Å². The molecule has 0 amide bonds. The molecule has 20 heavy (non-hydrogen) atoms. The van der Waals surface area contributed by atoms with Gasteiger partial charge in [-0.15, -0.1) is 0 Å². The smallest absolute Gasteiger partial charge is 0.337 e. The van der Waals surface area contributed by atoms with Crippen LogP contribution in [0.1, 0.15) is 24.2 Å². The first kappa shape index (κ1) is 16.3. The van der Waals surface area contributed by atoms with E-state index in [-0.39, 0.29) is 11.3 Å². The summed E-state index contributed by atoms with van der Waals surface area (Å²) in [5, 5.41) is 12.0. The van der Waals surface area contributed by atoms with E-state index in [0.717, 1.165) is 6.26 Å². The summed E-state index contributed by atoms with van der Waals surface area (Å²) in [7, 11) is -3.32. The molecule has 0 aliphatic carbocycles. The van der Waals surface area contributed by atoms with Crippen molar-refractivity contribution in [2.75, 3.05) is 23.9 Å². The van der Waals surface area contributed by atoms with Crippen LogP contribution < -0.4 is 15.8 Å². The minimum Gasteiger partial charge on any atom is -0.478 e. The molecule has 1 aromatic carbocycles. The van der Waals surface area contributed by atoms with Crippen LogP contribution >= 0.6 is 0 Å². The molecule has 0 unspecified atom stereocenters. The lowest BCUT2D eigenvalue weighted by molar-refractivity contribution is 0.0698. The Morgan fingerprint density at radius 1 is 1.40 bits per heavy atom. The molecule has 0 aliphatic rings. The molecule has 1 rings (SSSR count). The van der Waals surface area contributed by atoms with Crippen LogP contribution in [-0.4, -0.2) is 37.8 Å². The number of carboxylic acid groups (broad SMARTS) is 1. The predicted molar refractivity (Wildman–Crippen MR) is 78.4 cm³/mol. The molecule has 8 heteroatoms. The summed E-state index contributed by atoms with van der Waals surface area (Å²) < 4.78 is 24.9. The maximum Gasteiger partial charge on any atom is 0.337 e. The molecule has 0 heterocycles. The van der Waals surface area contributed by atoms with Crippen LogP contribution in [0.25, 0.3) is 0 Å². The minimum absolute atomic E-state index is 0.00359. The lowest BCUT2D eigenvalue weighted by atomic mass is 10.1. The number of rotatable bonds is 6. The van der Waals surface area contributed by atoms with Gasteiger partial charge in [0.05, 0.1) is 11.8 Å². The molecule has 7 nitrogen and oxygen atoms in total. The molecule has 0 fully saturated rings. The van der Waals surface area contributed by atoms with E-state index in [1.54, 1.807) is 19.9 Å². The maximum absolute atomic E-state index is 11.2. The first-order valence-corrected chi connectivity index (χ1v) is 7.75. The molecule has 0 saturated carbocycles. The van der Waals surface area contributed by atoms with Crippen molar-refractivity contribution in [3.63, 3.8) is 0 Å². The van der Waals surface area contributed by atoms with Crippen molar-refractivity contribution >= 4 is 27.4 Å². The Kier molecular flexibility index (Phi) is 4.61. The summed E-state index contributed by atoms with van der Waals surface area (Å²) in [5.74, 6) is -1.11. The average molecular weight is 301 g/mol. The first-order valence-electron chi connectivity index (χ1n) is 5.86. The number of nitrogen functional groups attached to an aromatic ring is 1. The van der Waals surface area contributed by atoms with E-state index in [9.17, 15) is 13.2 Å². The number of hydrogen-bond acceptors (Lipinski definition) is 5. The van der Waals surface area contributed by atoms with Crippen molar-refractivity contribution in [3.05, 3.63) is 23.8 Å². The molecule has 1 aromatic rings. The molecule has 0 radical (unpaired) electrons. The monoisotopic (exact) mass is 301 g/mol. The van der Waals surface area contributed by atoms with Gasteiger partial charge in [-0.1, -0.05) is 0 Å². The van der Waals surface area contributed by atoms with Gasteiger partial charge in [0.1, 0.15) is 0 Å². The zero-order valence-corrected chi connectivity index (χ0v) is 12.4. The molecule has 5 N–H and O–H groups in total. The summed E-state index contributed by atoms with van der Waals surface area (Å²) in [5.41, 5.74) is 5.58. The Morgan fingerprint density at radius 3 is 2.50 bits per heavy atom. The standard InChI is InChI=1S/C12H19N3O4S/c1-12(2,15-20(3,18)19)7-14-8-4-5-10(13)9(6-8)11(16)17/h4-6,14-15H,7,13H2,1-3H3,(H,16,17). The summed E-state index contributed by atoms with van der Waals surface area (Å²) >= 11 is 0. The zero-order valence-electron chi connectivity index (χ0n) is 11.6. The van der Waals surface area contributed by atoms with Crippen molar-refractivity contribution in [1.82, 2.24) is 4.72 Å². The quantitative estimate of drug-likeness (QED) is 0.574. The van der Waals surface area contributed by atoms with Crippen LogP contribution in [0.5, 0.6) is 0 Å². The number of aromatic carboxylic acids is 1. The number of sulfonamides is 1. The Balaban J connectivity index is 2.80. The Bertz CT molecular complexity index is 611. The fourth-order valence-corrected chi connectivity index (χ4v) is 2.79. The highest BCUT2D eigenvalue weighted by atomic mass is 32.2. The first-order chi connectivity index (χ1) is 9.00. The largest absolute Gasteiger partial charge is 0.478 e. The van der Waals surface area contributed by atoms with Crippen LogP contribution in [0.4, 0.5) is 11.4 Å². The molecule has 112 valence electrons. The number of hydrogen-bond donors (Lipinski definition) is 4. The van der Waals surface area contributed by atoms with Crippen molar-refractivity contribution in [2.45, 2.75) is 19.4 Å². The molecular formula is C12H19N3O4S. The van der Waals surface area contributed by atoms with Gasteiger partial charge < -0.3 is 16.2 Å². The molecule has 0 aliphatic heterocycles. The SMILES string of the molecule is CC(C)(CNc1ccc(N)c(C(=O)O)c1)NS(C)(=O)=O.